The lowest BCUT2D eigenvalue weighted by atomic mass is 9.83. The average molecular weight is 311 g/mol. The van der Waals surface area contributed by atoms with Gasteiger partial charge >= 0.3 is 5.97 Å². The Balaban J connectivity index is 2.10. The second kappa shape index (κ2) is 7.09. The minimum atomic E-state index is -0.652. The monoisotopic (exact) mass is 311 g/mol. The molecule has 0 aliphatic heterocycles. The highest BCUT2D eigenvalue weighted by atomic mass is 16.5. The number of rotatable bonds is 5. The third-order valence-electron chi connectivity index (χ3n) is 3.72. The predicted octanol–water partition coefficient (Wildman–Crippen LogP) is 3.78. The molecule has 1 amide bonds. The average Bonchev–Trinajstić information content (AvgIpc) is 2.56. The summed E-state index contributed by atoms with van der Waals surface area (Å²) < 4.78 is 4.93. The molecular weight excluding hydrogens is 290 g/mol. The van der Waals surface area contributed by atoms with E-state index < -0.39 is 5.41 Å². The molecule has 23 heavy (non-hydrogen) atoms. The van der Waals surface area contributed by atoms with Crippen LogP contribution in [-0.2, 0) is 14.9 Å². The molecule has 2 aromatic carbocycles. The van der Waals surface area contributed by atoms with Gasteiger partial charge in [-0.25, -0.2) is 4.79 Å². The van der Waals surface area contributed by atoms with Crippen LogP contribution in [0.2, 0.25) is 0 Å². The van der Waals surface area contributed by atoms with Gasteiger partial charge < -0.3 is 10.1 Å². The number of nitrogens with one attached hydrogen (secondary N) is 1. The van der Waals surface area contributed by atoms with E-state index in [1.807, 2.05) is 44.2 Å². The van der Waals surface area contributed by atoms with Crippen LogP contribution in [0, 0.1) is 0 Å². The molecule has 0 fully saturated rings. The fourth-order valence-corrected chi connectivity index (χ4v) is 2.18. The Morgan fingerprint density at radius 3 is 2.17 bits per heavy atom. The summed E-state index contributed by atoms with van der Waals surface area (Å²) in [6.45, 7) is 5.86. The number of amides is 1. The summed E-state index contributed by atoms with van der Waals surface area (Å²) in [6, 6.07) is 16.3. The summed E-state index contributed by atoms with van der Waals surface area (Å²) in [6.07, 6.45) is 0. The Hall–Kier alpha value is -2.62. The number of anilines is 1. The lowest BCUT2D eigenvalue weighted by Gasteiger charge is -2.24. The minimum Gasteiger partial charge on any atom is -0.462 e. The van der Waals surface area contributed by atoms with Gasteiger partial charge in [-0.1, -0.05) is 30.3 Å². The summed E-state index contributed by atoms with van der Waals surface area (Å²) in [4.78, 5) is 24.2. The van der Waals surface area contributed by atoms with Crippen LogP contribution in [0.25, 0.3) is 0 Å². The van der Waals surface area contributed by atoms with Gasteiger partial charge in [0.2, 0.25) is 5.91 Å². The molecule has 0 aliphatic carbocycles. The molecule has 0 saturated heterocycles. The molecular formula is C19H21NO3. The van der Waals surface area contributed by atoms with Gasteiger partial charge in [-0.3, -0.25) is 4.79 Å². The standard InChI is InChI=1S/C19H21NO3/c1-4-23-17(21)14-10-12-16(13-11-14)20-18(22)19(2,3)15-8-6-5-7-9-15/h5-13H,4H2,1-3H3,(H,20,22). The Bertz CT molecular complexity index is 676. The SMILES string of the molecule is CCOC(=O)c1ccc(NC(=O)C(C)(C)c2ccccc2)cc1. The van der Waals surface area contributed by atoms with Crippen molar-refractivity contribution in [2.45, 2.75) is 26.2 Å². The Morgan fingerprint density at radius 2 is 1.61 bits per heavy atom. The van der Waals surface area contributed by atoms with Crippen LogP contribution in [0.4, 0.5) is 5.69 Å². The quantitative estimate of drug-likeness (QED) is 0.855. The molecule has 4 nitrogen and oxygen atoms in total. The van der Waals surface area contributed by atoms with Gasteiger partial charge in [-0.05, 0) is 50.6 Å². The van der Waals surface area contributed by atoms with Gasteiger partial charge in [0, 0.05) is 5.69 Å². The number of ether oxygens (including phenoxy) is 1. The van der Waals surface area contributed by atoms with E-state index in [9.17, 15) is 9.59 Å². The third kappa shape index (κ3) is 3.97. The number of esters is 1. The zero-order valence-corrected chi connectivity index (χ0v) is 13.6. The smallest absolute Gasteiger partial charge is 0.338 e. The molecule has 120 valence electrons. The maximum atomic E-state index is 12.6. The summed E-state index contributed by atoms with van der Waals surface area (Å²) >= 11 is 0. The Kier molecular flexibility index (Phi) is 5.16. The van der Waals surface area contributed by atoms with E-state index in [0.717, 1.165) is 5.56 Å². The number of hydrogen-bond acceptors (Lipinski definition) is 3. The molecule has 0 bridgehead atoms. The third-order valence-corrected chi connectivity index (χ3v) is 3.72. The molecule has 1 N–H and O–H groups in total. The van der Waals surface area contributed by atoms with Crippen molar-refractivity contribution in [1.82, 2.24) is 0 Å². The highest BCUT2D eigenvalue weighted by molar-refractivity contribution is 5.99. The van der Waals surface area contributed by atoms with Crippen molar-refractivity contribution in [3.8, 4) is 0 Å². The molecule has 0 radical (unpaired) electrons. The van der Waals surface area contributed by atoms with Crippen LogP contribution in [0.3, 0.4) is 0 Å². The predicted molar refractivity (Wildman–Crippen MR) is 90.5 cm³/mol. The van der Waals surface area contributed by atoms with Gasteiger partial charge in [-0.2, -0.15) is 0 Å². The fourth-order valence-electron chi connectivity index (χ4n) is 2.18. The second-order valence-corrected chi connectivity index (χ2v) is 5.74. The number of carbonyl (C=O) groups is 2. The molecule has 0 unspecified atom stereocenters. The zero-order chi connectivity index (χ0) is 16.9. The first-order chi connectivity index (χ1) is 10.9. The van der Waals surface area contributed by atoms with Gasteiger partial charge in [0.25, 0.3) is 0 Å². The van der Waals surface area contributed by atoms with Crippen molar-refractivity contribution in [3.05, 3.63) is 65.7 Å². The number of benzene rings is 2. The number of hydrogen-bond donors (Lipinski definition) is 1. The first kappa shape index (κ1) is 16.7. The van der Waals surface area contributed by atoms with E-state index in [-0.39, 0.29) is 11.9 Å². The molecule has 0 aromatic heterocycles. The molecule has 0 saturated carbocycles. The highest BCUT2D eigenvalue weighted by Gasteiger charge is 2.29. The molecule has 2 rings (SSSR count). The van der Waals surface area contributed by atoms with Crippen molar-refractivity contribution in [3.63, 3.8) is 0 Å². The van der Waals surface area contributed by atoms with E-state index in [1.165, 1.54) is 0 Å². The van der Waals surface area contributed by atoms with Gasteiger partial charge in [0.15, 0.2) is 0 Å². The largest absolute Gasteiger partial charge is 0.462 e. The Labute approximate surface area is 136 Å². The lowest BCUT2D eigenvalue weighted by Crippen LogP contribution is -2.34. The van der Waals surface area contributed by atoms with Crippen molar-refractivity contribution in [2.75, 3.05) is 11.9 Å². The van der Waals surface area contributed by atoms with Gasteiger partial charge in [0.05, 0.1) is 17.6 Å². The molecule has 0 atom stereocenters. The van der Waals surface area contributed by atoms with E-state index in [2.05, 4.69) is 5.32 Å². The van der Waals surface area contributed by atoms with E-state index >= 15 is 0 Å². The first-order valence-electron chi connectivity index (χ1n) is 7.59. The molecule has 0 spiro atoms. The Morgan fingerprint density at radius 1 is 1.00 bits per heavy atom. The van der Waals surface area contributed by atoms with Crippen LogP contribution in [0.1, 0.15) is 36.7 Å². The highest BCUT2D eigenvalue weighted by Crippen LogP contribution is 2.25. The van der Waals surface area contributed by atoms with E-state index in [1.54, 1.807) is 31.2 Å². The summed E-state index contributed by atoms with van der Waals surface area (Å²) in [5, 5.41) is 2.89. The topological polar surface area (TPSA) is 55.4 Å². The lowest BCUT2D eigenvalue weighted by molar-refractivity contribution is -0.120. The van der Waals surface area contributed by atoms with E-state index in [4.69, 9.17) is 4.74 Å². The molecule has 0 heterocycles. The molecule has 2 aromatic rings. The summed E-state index contributed by atoms with van der Waals surface area (Å²) in [5.41, 5.74) is 1.40. The van der Waals surface area contributed by atoms with Crippen molar-refractivity contribution >= 4 is 17.6 Å². The number of carbonyl (C=O) groups excluding carboxylic acids is 2. The van der Waals surface area contributed by atoms with Crippen LogP contribution in [0.5, 0.6) is 0 Å². The maximum Gasteiger partial charge on any atom is 0.338 e. The fraction of sp³-hybridized carbons (Fsp3) is 0.263. The van der Waals surface area contributed by atoms with Crippen LogP contribution >= 0.6 is 0 Å². The van der Waals surface area contributed by atoms with Crippen molar-refractivity contribution in [2.24, 2.45) is 0 Å². The van der Waals surface area contributed by atoms with Crippen LogP contribution in [0.15, 0.2) is 54.6 Å². The first-order valence-corrected chi connectivity index (χ1v) is 7.59. The maximum absolute atomic E-state index is 12.6. The zero-order valence-electron chi connectivity index (χ0n) is 13.6. The van der Waals surface area contributed by atoms with E-state index in [0.29, 0.717) is 17.9 Å². The second-order valence-electron chi connectivity index (χ2n) is 5.74. The van der Waals surface area contributed by atoms with Crippen molar-refractivity contribution in [1.29, 1.82) is 0 Å². The van der Waals surface area contributed by atoms with Crippen LogP contribution < -0.4 is 5.32 Å². The van der Waals surface area contributed by atoms with Crippen LogP contribution in [-0.4, -0.2) is 18.5 Å². The summed E-state index contributed by atoms with van der Waals surface area (Å²) in [7, 11) is 0. The van der Waals surface area contributed by atoms with Crippen molar-refractivity contribution < 1.29 is 14.3 Å². The molecule has 0 aliphatic rings. The summed E-state index contributed by atoms with van der Waals surface area (Å²) in [5.74, 6) is -0.470. The van der Waals surface area contributed by atoms with Gasteiger partial charge in [-0.15, -0.1) is 0 Å². The van der Waals surface area contributed by atoms with Gasteiger partial charge in [0.1, 0.15) is 0 Å². The molecule has 4 heteroatoms. The normalized spacial score (nSPS) is 10.9. The minimum absolute atomic E-state index is 0.104.